The van der Waals surface area contributed by atoms with Gasteiger partial charge in [-0.2, -0.15) is 0 Å². The first-order chi connectivity index (χ1) is 9.69. The summed E-state index contributed by atoms with van der Waals surface area (Å²) in [5.74, 6) is 0.750. The zero-order valence-corrected chi connectivity index (χ0v) is 12.1. The van der Waals surface area contributed by atoms with Gasteiger partial charge in [0.2, 0.25) is 5.91 Å². The molecule has 1 amide bonds. The van der Waals surface area contributed by atoms with Crippen LogP contribution in [0.25, 0.3) is 6.08 Å². The summed E-state index contributed by atoms with van der Waals surface area (Å²) in [6, 6.07) is 3.57. The van der Waals surface area contributed by atoms with Crippen LogP contribution in [0.3, 0.4) is 0 Å². The summed E-state index contributed by atoms with van der Waals surface area (Å²) in [6.45, 7) is 1.39. The summed E-state index contributed by atoms with van der Waals surface area (Å²) in [6.07, 6.45) is 5.66. The van der Waals surface area contributed by atoms with E-state index in [-0.39, 0.29) is 11.9 Å². The molecule has 0 saturated carbocycles. The fraction of sp³-hybridized carbons (Fsp3) is 0.429. The molecule has 0 bridgehead atoms. The van der Waals surface area contributed by atoms with Gasteiger partial charge >= 0.3 is 5.97 Å². The molecule has 2 heterocycles. The van der Waals surface area contributed by atoms with Gasteiger partial charge in [-0.05, 0) is 24.6 Å². The van der Waals surface area contributed by atoms with Crippen molar-refractivity contribution >= 4 is 29.7 Å². The second-order valence-corrected chi connectivity index (χ2v) is 5.72. The molecule has 0 radical (unpaired) electrons. The smallest absolute Gasteiger partial charge is 0.315 e. The Bertz CT molecular complexity index is 483. The van der Waals surface area contributed by atoms with Crippen molar-refractivity contribution in [3.05, 3.63) is 30.2 Å². The number of methoxy groups -OCH3 is 1. The average Bonchev–Trinajstić information content (AvgIpc) is 3.13. The lowest BCUT2D eigenvalue weighted by Crippen LogP contribution is -2.27. The molecular formula is C14H17NO4S. The van der Waals surface area contributed by atoms with Crippen molar-refractivity contribution < 1.29 is 18.7 Å². The standard InChI is InChI=1S/C14H17NO4S/c1-18-14(17)10-20-12-6-7-15(9-12)13(16)5-4-11-3-2-8-19-11/h2-5,8,12H,6-7,9-10H2,1H3/b5-4+. The number of esters is 1. The number of amides is 1. The van der Waals surface area contributed by atoms with Gasteiger partial charge in [0.1, 0.15) is 5.76 Å². The molecule has 1 atom stereocenters. The van der Waals surface area contributed by atoms with E-state index in [9.17, 15) is 9.59 Å². The van der Waals surface area contributed by atoms with Crippen molar-refractivity contribution in [3.8, 4) is 0 Å². The molecule has 0 N–H and O–H groups in total. The first-order valence-electron chi connectivity index (χ1n) is 6.38. The van der Waals surface area contributed by atoms with Crippen LogP contribution in [0.15, 0.2) is 28.9 Å². The van der Waals surface area contributed by atoms with Gasteiger partial charge < -0.3 is 14.1 Å². The van der Waals surface area contributed by atoms with E-state index < -0.39 is 0 Å². The molecule has 1 aliphatic heterocycles. The van der Waals surface area contributed by atoms with Crippen LogP contribution in [0.1, 0.15) is 12.2 Å². The third kappa shape index (κ3) is 4.16. The monoisotopic (exact) mass is 295 g/mol. The van der Waals surface area contributed by atoms with Gasteiger partial charge in [-0.1, -0.05) is 0 Å². The summed E-state index contributed by atoms with van der Waals surface area (Å²) in [5.41, 5.74) is 0. The molecule has 1 aromatic heterocycles. The number of rotatable bonds is 5. The Kier molecular flexibility index (Phi) is 5.29. The molecule has 6 heteroatoms. The number of ether oxygens (including phenoxy) is 1. The van der Waals surface area contributed by atoms with Crippen LogP contribution in [-0.2, 0) is 14.3 Å². The van der Waals surface area contributed by atoms with Gasteiger partial charge in [-0.15, -0.1) is 11.8 Å². The zero-order chi connectivity index (χ0) is 14.4. The average molecular weight is 295 g/mol. The molecule has 2 rings (SSSR count). The molecule has 1 unspecified atom stereocenters. The first-order valence-corrected chi connectivity index (χ1v) is 7.43. The van der Waals surface area contributed by atoms with Crippen molar-refractivity contribution in [2.75, 3.05) is 26.0 Å². The number of carbonyl (C=O) groups is 2. The van der Waals surface area contributed by atoms with Crippen molar-refractivity contribution in [1.29, 1.82) is 0 Å². The predicted octanol–water partition coefficient (Wildman–Crippen LogP) is 1.80. The minimum absolute atomic E-state index is 0.0254. The van der Waals surface area contributed by atoms with Crippen molar-refractivity contribution in [2.45, 2.75) is 11.7 Å². The van der Waals surface area contributed by atoms with E-state index in [1.807, 2.05) is 0 Å². The van der Waals surface area contributed by atoms with E-state index >= 15 is 0 Å². The molecule has 0 aliphatic carbocycles. The first kappa shape index (κ1) is 14.7. The highest BCUT2D eigenvalue weighted by molar-refractivity contribution is 8.00. The molecule has 108 valence electrons. The van der Waals surface area contributed by atoms with Gasteiger partial charge in [-0.3, -0.25) is 9.59 Å². The number of furan rings is 1. The van der Waals surface area contributed by atoms with Crippen molar-refractivity contribution in [3.63, 3.8) is 0 Å². The van der Waals surface area contributed by atoms with Crippen LogP contribution in [0.5, 0.6) is 0 Å². The lowest BCUT2D eigenvalue weighted by molar-refractivity contribution is -0.137. The summed E-state index contributed by atoms with van der Waals surface area (Å²) < 4.78 is 9.73. The summed E-state index contributed by atoms with van der Waals surface area (Å²) in [4.78, 5) is 24.8. The molecule has 0 spiro atoms. The third-order valence-corrected chi connectivity index (χ3v) is 4.31. The Morgan fingerprint density at radius 3 is 3.15 bits per heavy atom. The molecule has 1 aromatic rings. The second-order valence-electron chi connectivity index (χ2n) is 4.43. The van der Waals surface area contributed by atoms with Crippen molar-refractivity contribution in [1.82, 2.24) is 4.90 Å². The van der Waals surface area contributed by atoms with Gasteiger partial charge in [0.05, 0.1) is 19.1 Å². The lowest BCUT2D eigenvalue weighted by Gasteiger charge is -2.13. The molecular weight excluding hydrogens is 278 g/mol. The van der Waals surface area contributed by atoms with Crippen LogP contribution in [-0.4, -0.2) is 48.0 Å². The largest absolute Gasteiger partial charge is 0.468 e. The van der Waals surface area contributed by atoms with Crippen LogP contribution in [0.4, 0.5) is 0 Å². The number of hydrogen-bond donors (Lipinski definition) is 0. The quantitative estimate of drug-likeness (QED) is 0.612. The Morgan fingerprint density at radius 2 is 2.45 bits per heavy atom. The number of thioether (sulfide) groups is 1. The highest BCUT2D eigenvalue weighted by atomic mass is 32.2. The van der Waals surface area contributed by atoms with Gasteiger partial charge in [0.15, 0.2) is 0 Å². The number of hydrogen-bond acceptors (Lipinski definition) is 5. The molecule has 1 fully saturated rings. The van der Waals surface area contributed by atoms with E-state index in [0.29, 0.717) is 23.3 Å². The third-order valence-electron chi connectivity index (χ3n) is 3.05. The Hall–Kier alpha value is -1.69. The Morgan fingerprint density at radius 1 is 1.60 bits per heavy atom. The molecule has 1 aliphatic rings. The highest BCUT2D eigenvalue weighted by Gasteiger charge is 2.25. The second kappa shape index (κ2) is 7.19. The number of likely N-dealkylation sites (tertiary alicyclic amines) is 1. The maximum atomic E-state index is 12.0. The molecule has 1 saturated heterocycles. The topological polar surface area (TPSA) is 59.8 Å². The van der Waals surface area contributed by atoms with Crippen LogP contribution < -0.4 is 0 Å². The summed E-state index contributed by atoms with van der Waals surface area (Å²) in [7, 11) is 1.38. The lowest BCUT2D eigenvalue weighted by atomic mass is 10.3. The molecule has 5 nitrogen and oxygen atoms in total. The highest BCUT2D eigenvalue weighted by Crippen LogP contribution is 2.23. The van der Waals surface area contributed by atoms with Gasteiger partial charge in [0.25, 0.3) is 0 Å². The van der Waals surface area contributed by atoms with E-state index in [4.69, 9.17) is 4.42 Å². The SMILES string of the molecule is COC(=O)CSC1CCN(C(=O)/C=C/c2ccco2)C1. The predicted molar refractivity (Wildman–Crippen MR) is 77.2 cm³/mol. The van der Waals surface area contributed by atoms with E-state index in [0.717, 1.165) is 13.0 Å². The van der Waals surface area contributed by atoms with Crippen LogP contribution >= 0.6 is 11.8 Å². The summed E-state index contributed by atoms with van der Waals surface area (Å²) >= 11 is 1.54. The molecule has 0 aromatic carbocycles. The van der Waals surface area contributed by atoms with Gasteiger partial charge in [0, 0.05) is 24.4 Å². The minimum Gasteiger partial charge on any atom is -0.468 e. The maximum Gasteiger partial charge on any atom is 0.315 e. The number of nitrogens with zero attached hydrogens (tertiary/aromatic N) is 1. The van der Waals surface area contributed by atoms with Crippen LogP contribution in [0.2, 0.25) is 0 Å². The fourth-order valence-corrected chi connectivity index (χ4v) is 3.00. The minimum atomic E-state index is -0.225. The maximum absolute atomic E-state index is 12.0. The number of carbonyl (C=O) groups excluding carboxylic acids is 2. The van der Waals surface area contributed by atoms with Gasteiger partial charge in [-0.25, -0.2) is 0 Å². The summed E-state index contributed by atoms with van der Waals surface area (Å²) in [5, 5.41) is 0.301. The van der Waals surface area contributed by atoms with Crippen molar-refractivity contribution in [2.24, 2.45) is 0 Å². The van der Waals surface area contributed by atoms with Crippen LogP contribution in [0, 0.1) is 0 Å². The van der Waals surface area contributed by atoms with E-state index in [1.54, 1.807) is 41.1 Å². The van der Waals surface area contributed by atoms with E-state index in [2.05, 4.69) is 4.74 Å². The normalized spacial score (nSPS) is 18.6. The zero-order valence-electron chi connectivity index (χ0n) is 11.3. The fourth-order valence-electron chi connectivity index (χ4n) is 1.95. The Balaban J connectivity index is 1.77. The van der Waals surface area contributed by atoms with E-state index in [1.165, 1.54) is 13.2 Å². The Labute approximate surface area is 121 Å². The molecule has 20 heavy (non-hydrogen) atoms.